The lowest BCUT2D eigenvalue weighted by Gasteiger charge is -2.19. The molecule has 0 bridgehead atoms. The summed E-state index contributed by atoms with van der Waals surface area (Å²) in [5, 5.41) is 17.8. The Labute approximate surface area is 266 Å². The summed E-state index contributed by atoms with van der Waals surface area (Å²) in [6, 6.07) is 47.0. The largest absolute Gasteiger partial charge is 0.299 e. The first kappa shape index (κ1) is 27.2. The second-order valence-electron chi connectivity index (χ2n) is 11.2. The van der Waals surface area contributed by atoms with Gasteiger partial charge in [-0.3, -0.25) is 10.8 Å². The molecule has 0 fully saturated rings. The molecule has 8 rings (SSSR count). The summed E-state index contributed by atoms with van der Waals surface area (Å²) in [5.74, 6) is 0.663. The van der Waals surface area contributed by atoms with E-state index in [1.807, 2.05) is 72.8 Å². The Morgan fingerprint density at radius 1 is 0.435 bits per heavy atom. The predicted molar refractivity (Wildman–Crippen MR) is 188 cm³/mol. The third-order valence-electron chi connectivity index (χ3n) is 8.37. The maximum Gasteiger partial charge on any atom is 0.160 e. The van der Waals surface area contributed by atoms with E-state index >= 15 is 0 Å². The van der Waals surface area contributed by atoms with E-state index in [4.69, 9.17) is 25.8 Å². The standard InChI is InChI=1S/C41H27N5/c42-34-24-23-33-38(39(34)43)32-13-7-8-14-35(32)44-40(33)30-19-17-29(18-20-30)37-25-36(28-11-5-2-6-12-28)45-41(46-37)31-21-15-27(16-22-31)26-9-3-1-4-10-26/h1-25,42-43H. The van der Waals surface area contributed by atoms with Gasteiger partial charge in [-0.05, 0) is 35.4 Å². The monoisotopic (exact) mass is 589 g/mol. The Morgan fingerprint density at radius 2 is 0.957 bits per heavy atom. The van der Waals surface area contributed by atoms with Crippen LogP contribution in [-0.2, 0) is 0 Å². The fourth-order valence-corrected chi connectivity index (χ4v) is 5.99. The lowest BCUT2D eigenvalue weighted by molar-refractivity contribution is 1.18. The number of rotatable bonds is 5. The molecule has 0 radical (unpaired) electrons. The molecule has 0 unspecified atom stereocenters. The highest BCUT2D eigenvalue weighted by molar-refractivity contribution is 6.54. The molecular formula is C41H27N5. The zero-order valence-electron chi connectivity index (χ0n) is 24.8. The van der Waals surface area contributed by atoms with Crippen molar-refractivity contribution in [2.24, 2.45) is 0 Å². The number of allylic oxidation sites excluding steroid dienone is 1. The average Bonchev–Trinajstić information content (AvgIpc) is 3.13. The number of hydrogen-bond donors (Lipinski definition) is 2. The van der Waals surface area contributed by atoms with Crippen molar-refractivity contribution in [3.63, 3.8) is 0 Å². The first-order chi connectivity index (χ1) is 22.6. The molecule has 5 nitrogen and oxygen atoms in total. The molecule has 216 valence electrons. The third-order valence-corrected chi connectivity index (χ3v) is 8.37. The van der Waals surface area contributed by atoms with E-state index in [-0.39, 0.29) is 11.4 Å². The lowest BCUT2D eigenvalue weighted by atomic mass is 9.88. The summed E-state index contributed by atoms with van der Waals surface area (Å²) in [7, 11) is 0. The summed E-state index contributed by atoms with van der Waals surface area (Å²) >= 11 is 0. The van der Waals surface area contributed by atoms with Crippen molar-refractivity contribution in [2.75, 3.05) is 0 Å². The molecule has 0 saturated heterocycles. The Hall–Kier alpha value is -6.33. The van der Waals surface area contributed by atoms with Crippen LogP contribution in [-0.4, -0.2) is 26.4 Å². The van der Waals surface area contributed by atoms with Gasteiger partial charge < -0.3 is 0 Å². The van der Waals surface area contributed by atoms with Crippen molar-refractivity contribution >= 4 is 28.4 Å². The Balaban J connectivity index is 1.21. The number of nitrogens with zero attached hydrogens (tertiary/aromatic N) is 3. The van der Waals surface area contributed by atoms with Crippen molar-refractivity contribution in [3.05, 3.63) is 157 Å². The molecule has 1 aliphatic rings. The first-order valence-corrected chi connectivity index (χ1v) is 15.1. The molecule has 0 saturated carbocycles. The van der Waals surface area contributed by atoms with Crippen LogP contribution in [0.1, 0.15) is 11.1 Å². The van der Waals surface area contributed by atoms with Gasteiger partial charge in [-0.15, -0.1) is 0 Å². The number of nitrogens with one attached hydrogen (secondary N) is 2. The van der Waals surface area contributed by atoms with Crippen molar-refractivity contribution < 1.29 is 0 Å². The minimum absolute atomic E-state index is 0.202. The molecule has 0 aliphatic heterocycles. The van der Waals surface area contributed by atoms with Gasteiger partial charge in [-0.25, -0.2) is 15.0 Å². The molecule has 0 atom stereocenters. The summed E-state index contributed by atoms with van der Waals surface area (Å²) in [4.78, 5) is 15.0. The van der Waals surface area contributed by atoms with Crippen LogP contribution in [0.3, 0.4) is 0 Å². The van der Waals surface area contributed by atoms with Crippen LogP contribution in [0.4, 0.5) is 0 Å². The summed E-state index contributed by atoms with van der Waals surface area (Å²) in [6.07, 6.45) is 3.59. The number of fused-ring (bicyclic) bond motifs is 3. The summed E-state index contributed by atoms with van der Waals surface area (Å²) in [6.45, 7) is 0. The van der Waals surface area contributed by atoms with Gasteiger partial charge in [0.1, 0.15) is 0 Å². The third kappa shape index (κ3) is 4.90. The molecule has 0 amide bonds. The van der Waals surface area contributed by atoms with Crippen LogP contribution < -0.4 is 0 Å². The van der Waals surface area contributed by atoms with Gasteiger partial charge in [0.15, 0.2) is 5.82 Å². The van der Waals surface area contributed by atoms with Crippen LogP contribution in [0.2, 0.25) is 0 Å². The SMILES string of the molecule is N=C1C=Cc2c(-c3ccc(-c4cc(-c5ccccc5)nc(-c5ccc(-c6ccccc6)cc5)n4)cc3)nc3ccccc3c2C1=N. The van der Waals surface area contributed by atoms with Crippen molar-refractivity contribution in [1.82, 2.24) is 15.0 Å². The summed E-state index contributed by atoms with van der Waals surface area (Å²) in [5.41, 5.74) is 11.5. The van der Waals surface area contributed by atoms with E-state index < -0.39 is 0 Å². The molecule has 7 aromatic rings. The predicted octanol–water partition coefficient (Wildman–Crippen LogP) is 9.77. The molecule has 2 heterocycles. The highest BCUT2D eigenvalue weighted by Gasteiger charge is 2.22. The molecule has 46 heavy (non-hydrogen) atoms. The van der Waals surface area contributed by atoms with Crippen molar-refractivity contribution in [1.29, 1.82) is 10.8 Å². The Bertz CT molecular complexity index is 2310. The van der Waals surface area contributed by atoms with Crippen molar-refractivity contribution in [3.8, 4) is 56.3 Å². The number of benzene rings is 5. The Morgan fingerprint density at radius 3 is 1.65 bits per heavy atom. The lowest BCUT2D eigenvalue weighted by Crippen LogP contribution is -2.17. The fourth-order valence-electron chi connectivity index (χ4n) is 5.99. The second-order valence-corrected chi connectivity index (χ2v) is 11.2. The highest BCUT2D eigenvalue weighted by atomic mass is 14.9. The molecular weight excluding hydrogens is 562 g/mol. The molecule has 1 aliphatic carbocycles. The van der Waals surface area contributed by atoms with E-state index in [9.17, 15) is 0 Å². The number of para-hydroxylation sites is 1. The number of hydrogen-bond acceptors (Lipinski definition) is 5. The van der Waals surface area contributed by atoms with Gasteiger partial charge in [0.05, 0.1) is 34.0 Å². The maximum atomic E-state index is 8.68. The van der Waals surface area contributed by atoms with Crippen LogP contribution in [0.5, 0.6) is 0 Å². The average molecular weight is 590 g/mol. The van der Waals surface area contributed by atoms with Gasteiger partial charge in [0.2, 0.25) is 0 Å². The van der Waals surface area contributed by atoms with Gasteiger partial charge >= 0.3 is 0 Å². The molecule has 5 aromatic carbocycles. The minimum Gasteiger partial charge on any atom is -0.299 e. The van der Waals surface area contributed by atoms with E-state index in [2.05, 4.69) is 72.8 Å². The van der Waals surface area contributed by atoms with Crippen molar-refractivity contribution in [2.45, 2.75) is 0 Å². The topological polar surface area (TPSA) is 86.4 Å². The molecule has 2 N–H and O–H groups in total. The van der Waals surface area contributed by atoms with E-state index in [1.165, 1.54) is 5.56 Å². The smallest absolute Gasteiger partial charge is 0.160 e. The van der Waals surface area contributed by atoms with E-state index in [0.717, 1.165) is 66.9 Å². The fraction of sp³-hybridized carbons (Fsp3) is 0. The van der Waals surface area contributed by atoms with Gasteiger partial charge in [-0.2, -0.15) is 0 Å². The zero-order chi connectivity index (χ0) is 31.0. The number of pyridine rings is 1. The molecule has 2 aromatic heterocycles. The highest BCUT2D eigenvalue weighted by Crippen LogP contribution is 2.35. The van der Waals surface area contributed by atoms with Gasteiger partial charge in [-0.1, -0.05) is 127 Å². The first-order valence-electron chi connectivity index (χ1n) is 15.1. The van der Waals surface area contributed by atoms with Crippen LogP contribution >= 0.6 is 0 Å². The minimum atomic E-state index is 0.202. The second kappa shape index (κ2) is 11.3. The van der Waals surface area contributed by atoms with Crippen LogP contribution in [0.25, 0.3) is 73.3 Å². The quantitative estimate of drug-likeness (QED) is 0.210. The number of aromatic nitrogens is 3. The Kier molecular flexibility index (Phi) is 6.69. The van der Waals surface area contributed by atoms with Gasteiger partial charge in [0.25, 0.3) is 0 Å². The van der Waals surface area contributed by atoms with E-state index in [1.54, 1.807) is 6.08 Å². The van der Waals surface area contributed by atoms with Gasteiger partial charge in [0, 0.05) is 38.8 Å². The van der Waals surface area contributed by atoms with Crippen LogP contribution in [0.15, 0.2) is 146 Å². The molecule has 0 spiro atoms. The maximum absolute atomic E-state index is 8.68. The normalized spacial score (nSPS) is 12.3. The van der Waals surface area contributed by atoms with E-state index in [0.29, 0.717) is 5.82 Å². The zero-order valence-corrected chi connectivity index (χ0v) is 24.8. The molecule has 5 heteroatoms. The summed E-state index contributed by atoms with van der Waals surface area (Å²) < 4.78 is 0. The van der Waals surface area contributed by atoms with Crippen LogP contribution in [0, 0.1) is 10.8 Å².